The van der Waals surface area contributed by atoms with Gasteiger partial charge in [0.25, 0.3) is 0 Å². The Morgan fingerprint density at radius 2 is 2.05 bits per heavy atom. The molecule has 6 heteroatoms. The lowest BCUT2D eigenvalue weighted by molar-refractivity contribution is 0.623. The molecule has 1 aromatic carbocycles. The molecule has 0 radical (unpaired) electrons. The summed E-state index contributed by atoms with van der Waals surface area (Å²) in [6.45, 7) is 0. The molecule has 1 N–H and O–H groups in total. The van der Waals surface area contributed by atoms with Crippen LogP contribution < -0.4 is 5.32 Å². The molecule has 0 bridgehead atoms. The van der Waals surface area contributed by atoms with Gasteiger partial charge in [-0.3, -0.25) is 4.21 Å². The minimum atomic E-state index is -0.621. The van der Waals surface area contributed by atoms with Crippen LogP contribution in [0.3, 0.4) is 0 Å². The van der Waals surface area contributed by atoms with Crippen molar-refractivity contribution in [2.75, 3.05) is 16.8 Å². The summed E-state index contributed by atoms with van der Waals surface area (Å²) in [6.07, 6.45) is 5.13. The molecular weight excluding hydrogens is 260 g/mol. The average Bonchev–Trinajstić information content (AvgIpc) is 2.96. The van der Waals surface area contributed by atoms with Crippen LogP contribution in [0.2, 0.25) is 0 Å². The normalized spacial score (nSPS) is 23.2. The van der Waals surface area contributed by atoms with E-state index in [0.29, 0.717) is 6.04 Å². The highest BCUT2D eigenvalue weighted by Gasteiger charge is 2.18. The molecule has 100 valence electrons. The first-order valence-corrected chi connectivity index (χ1v) is 7.87. The molecule has 5 nitrogen and oxygen atoms in total. The van der Waals surface area contributed by atoms with Gasteiger partial charge in [0, 0.05) is 28.3 Å². The number of benzene rings is 1. The van der Waals surface area contributed by atoms with Gasteiger partial charge in [0.2, 0.25) is 0 Å². The molecular formula is C13H16N4OS. The smallest absolute Gasteiger partial charge is 0.138 e. The van der Waals surface area contributed by atoms with Gasteiger partial charge < -0.3 is 5.32 Å². The lowest BCUT2D eigenvalue weighted by Gasteiger charge is -2.24. The van der Waals surface area contributed by atoms with Crippen molar-refractivity contribution in [2.45, 2.75) is 18.9 Å². The van der Waals surface area contributed by atoms with Crippen LogP contribution in [0, 0.1) is 0 Å². The predicted octanol–water partition coefficient (Wildman–Crippen LogP) is 1.59. The summed E-state index contributed by atoms with van der Waals surface area (Å²) in [7, 11) is -0.621. The molecule has 0 spiro atoms. The Kier molecular flexibility index (Phi) is 3.59. The second-order valence-electron chi connectivity index (χ2n) is 4.62. The van der Waals surface area contributed by atoms with Gasteiger partial charge in [-0.25, -0.2) is 9.67 Å². The highest BCUT2D eigenvalue weighted by atomic mass is 32.2. The van der Waals surface area contributed by atoms with E-state index in [2.05, 4.69) is 15.4 Å². The van der Waals surface area contributed by atoms with Gasteiger partial charge in [0.05, 0.1) is 11.4 Å². The van der Waals surface area contributed by atoms with E-state index >= 15 is 0 Å². The number of hydrogen-bond donors (Lipinski definition) is 1. The number of nitrogens with zero attached hydrogens (tertiary/aromatic N) is 3. The number of anilines is 1. The number of aromatic nitrogens is 3. The second kappa shape index (κ2) is 5.52. The summed E-state index contributed by atoms with van der Waals surface area (Å²) in [5.41, 5.74) is 2.04. The SMILES string of the molecule is O=S1CCC(Nc2ccccc2-n2cncn2)CC1. The molecule has 0 unspecified atom stereocenters. The van der Waals surface area contributed by atoms with Crippen molar-refractivity contribution in [3.8, 4) is 5.69 Å². The van der Waals surface area contributed by atoms with E-state index in [1.165, 1.54) is 6.33 Å². The molecule has 0 atom stereocenters. The summed E-state index contributed by atoms with van der Waals surface area (Å²) in [6, 6.07) is 8.44. The lowest BCUT2D eigenvalue weighted by atomic mass is 10.1. The third kappa shape index (κ3) is 2.84. The number of hydrogen-bond acceptors (Lipinski definition) is 4. The molecule has 1 aromatic heterocycles. The van der Waals surface area contributed by atoms with E-state index in [9.17, 15) is 4.21 Å². The zero-order valence-electron chi connectivity index (χ0n) is 10.5. The van der Waals surface area contributed by atoms with E-state index < -0.39 is 10.8 Å². The monoisotopic (exact) mass is 276 g/mol. The van der Waals surface area contributed by atoms with Crippen molar-refractivity contribution >= 4 is 16.5 Å². The van der Waals surface area contributed by atoms with Gasteiger partial charge in [0.15, 0.2) is 0 Å². The number of rotatable bonds is 3. The fourth-order valence-corrected chi connectivity index (χ4v) is 3.59. The quantitative estimate of drug-likeness (QED) is 0.925. The zero-order valence-corrected chi connectivity index (χ0v) is 11.3. The van der Waals surface area contributed by atoms with Gasteiger partial charge in [-0.05, 0) is 25.0 Å². The molecule has 19 heavy (non-hydrogen) atoms. The van der Waals surface area contributed by atoms with E-state index in [-0.39, 0.29) is 0 Å². The summed E-state index contributed by atoms with van der Waals surface area (Å²) in [4.78, 5) is 3.98. The molecule has 2 aromatic rings. The van der Waals surface area contributed by atoms with Crippen LogP contribution in [-0.4, -0.2) is 36.5 Å². The van der Waals surface area contributed by atoms with E-state index in [0.717, 1.165) is 35.7 Å². The van der Waals surface area contributed by atoms with Gasteiger partial charge >= 0.3 is 0 Å². The van der Waals surface area contributed by atoms with E-state index in [4.69, 9.17) is 0 Å². The molecule has 1 saturated heterocycles. The van der Waals surface area contributed by atoms with Crippen LogP contribution in [0.25, 0.3) is 5.69 Å². The summed E-state index contributed by atoms with van der Waals surface area (Å²) in [5.74, 6) is 1.59. The Labute approximate surface area is 114 Å². The maximum Gasteiger partial charge on any atom is 0.138 e. The Balaban J connectivity index is 1.79. The van der Waals surface area contributed by atoms with Crippen LogP contribution in [0.15, 0.2) is 36.9 Å². The van der Waals surface area contributed by atoms with E-state index in [1.54, 1.807) is 11.0 Å². The van der Waals surface area contributed by atoms with Crippen molar-refractivity contribution in [1.82, 2.24) is 14.8 Å². The largest absolute Gasteiger partial charge is 0.381 e. The molecule has 0 amide bonds. The van der Waals surface area contributed by atoms with Crippen LogP contribution in [0.5, 0.6) is 0 Å². The minimum Gasteiger partial charge on any atom is -0.381 e. The zero-order chi connectivity index (χ0) is 13.1. The Hall–Kier alpha value is -1.69. The van der Waals surface area contributed by atoms with Crippen molar-refractivity contribution in [3.05, 3.63) is 36.9 Å². The topological polar surface area (TPSA) is 59.8 Å². The molecule has 1 aliphatic heterocycles. The van der Waals surface area contributed by atoms with Gasteiger partial charge in [-0.15, -0.1) is 0 Å². The van der Waals surface area contributed by atoms with Crippen molar-refractivity contribution in [1.29, 1.82) is 0 Å². The Morgan fingerprint density at radius 3 is 2.79 bits per heavy atom. The standard InChI is InChI=1S/C13H16N4OS/c18-19-7-5-11(6-8-19)16-12-3-1-2-4-13(12)17-10-14-9-15-17/h1-4,9-11,16H,5-8H2. The highest BCUT2D eigenvalue weighted by Crippen LogP contribution is 2.22. The first kappa shape index (κ1) is 12.3. The molecule has 2 heterocycles. The Morgan fingerprint density at radius 1 is 1.26 bits per heavy atom. The fourth-order valence-electron chi connectivity index (χ4n) is 2.29. The summed E-state index contributed by atoms with van der Waals surface area (Å²) in [5, 5.41) is 7.70. The number of nitrogens with one attached hydrogen (secondary N) is 1. The maximum atomic E-state index is 11.4. The van der Waals surface area contributed by atoms with Crippen LogP contribution in [0.1, 0.15) is 12.8 Å². The minimum absolute atomic E-state index is 0.391. The predicted molar refractivity (Wildman–Crippen MR) is 75.9 cm³/mol. The first-order valence-electron chi connectivity index (χ1n) is 6.38. The lowest BCUT2D eigenvalue weighted by Crippen LogP contribution is -2.29. The molecule has 0 saturated carbocycles. The molecule has 3 rings (SSSR count). The maximum absolute atomic E-state index is 11.4. The second-order valence-corrected chi connectivity index (χ2v) is 6.32. The summed E-state index contributed by atoms with van der Waals surface area (Å²) < 4.78 is 13.1. The van der Waals surface area contributed by atoms with Crippen molar-refractivity contribution < 1.29 is 4.21 Å². The van der Waals surface area contributed by atoms with Gasteiger partial charge in [-0.1, -0.05) is 12.1 Å². The first-order chi connectivity index (χ1) is 9.33. The fraction of sp³-hybridized carbons (Fsp3) is 0.385. The summed E-state index contributed by atoms with van der Waals surface area (Å²) >= 11 is 0. The van der Waals surface area contributed by atoms with Crippen LogP contribution in [0.4, 0.5) is 5.69 Å². The van der Waals surface area contributed by atoms with Gasteiger partial charge in [0.1, 0.15) is 12.7 Å². The van der Waals surface area contributed by atoms with Crippen molar-refractivity contribution in [3.63, 3.8) is 0 Å². The van der Waals surface area contributed by atoms with Crippen LogP contribution >= 0.6 is 0 Å². The third-order valence-corrected chi connectivity index (χ3v) is 4.70. The Bertz CT molecular complexity index is 560. The highest BCUT2D eigenvalue weighted by molar-refractivity contribution is 7.85. The van der Waals surface area contributed by atoms with E-state index in [1.807, 2.05) is 24.3 Å². The average molecular weight is 276 g/mol. The van der Waals surface area contributed by atoms with Crippen LogP contribution in [-0.2, 0) is 10.8 Å². The number of para-hydroxylation sites is 2. The molecule has 0 aliphatic carbocycles. The third-order valence-electron chi connectivity index (χ3n) is 3.32. The molecule has 1 fully saturated rings. The molecule has 1 aliphatic rings. The van der Waals surface area contributed by atoms with Crippen molar-refractivity contribution in [2.24, 2.45) is 0 Å². The van der Waals surface area contributed by atoms with Gasteiger partial charge in [-0.2, -0.15) is 5.10 Å².